The molecule has 6 heteroatoms. The van der Waals surface area contributed by atoms with Crippen molar-refractivity contribution in [2.45, 2.75) is 53.4 Å². The van der Waals surface area contributed by atoms with Gasteiger partial charge in [-0.1, -0.05) is 27.7 Å². The Morgan fingerprint density at radius 1 is 0.700 bits per heavy atom. The Bertz CT molecular complexity index is 198. The van der Waals surface area contributed by atoms with Crippen LogP contribution in [0.1, 0.15) is 53.4 Å². The highest BCUT2D eigenvalue weighted by Crippen LogP contribution is 2.06. The minimum absolute atomic E-state index is 0.125. The summed E-state index contributed by atoms with van der Waals surface area (Å²) < 4.78 is 0. The molecule has 20 heavy (non-hydrogen) atoms. The van der Waals surface area contributed by atoms with E-state index in [0.29, 0.717) is 0 Å². The third-order valence-electron chi connectivity index (χ3n) is 2.77. The Labute approximate surface area is 121 Å². The van der Waals surface area contributed by atoms with Crippen molar-refractivity contribution in [2.24, 2.45) is 11.8 Å². The van der Waals surface area contributed by atoms with Gasteiger partial charge in [0.2, 0.25) is 0 Å². The van der Waals surface area contributed by atoms with Crippen LogP contribution in [0.15, 0.2) is 0 Å². The molecule has 6 nitrogen and oxygen atoms in total. The van der Waals surface area contributed by atoms with Gasteiger partial charge in [-0.2, -0.15) is 0 Å². The van der Waals surface area contributed by atoms with Crippen LogP contribution in [0.2, 0.25) is 0 Å². The lowest BCUT2D eigenvalue weighted by Crippen LogP contribution is -2.10. The van der Waals surface area contributed by atoms with Crippen LogP contribution in [0.25, 0.3) is 0 Å². The van der Waals surface area contributed by atoms with Crippen LogP contribution in [0.3, 0.4) is 0 Å². The SMILES string of the molecule is CCC(CC)C(=O)O.CCC(CC)C(=O)O.OCCO. The molecule has 0 aromatic rings. The highest BCUT2D eigenvalue weighted by molar-refractivity contribution is 5.70. The van der Waals surface area contributed by atoms with Crippen molar-refractivity contribution in [3.8, 4) is 0 Å². The minimum atomic E-state index is -0.671. The quantitative estimate of drug-likeness (QED) is 0.570. The molecule has 0 aliphatic carbocycles. The molecule has 0 atom stereocenters. The molecular formula is C14H30O6. The Morgan fingerprint density at radius 3 is 0.900 bits per heavy atom. The molecule has 0 radical (unpaired) electrons. The normalized spacial score (nSPS) is 9.40. The molecule has 0 rings (SSSR count). The van der Waals surface area contributed by atoms with Crippen LogP contribution in [-0.2, 0) is 9.59 Å². The second-order valence-electron chi connectivity index (χ2n) is 4.15. The summed E-state index contributed by atoms with van der Waals surface area (Å²) in [7, 11) is 0. The second-order valence-corrected chi connectivity index (χ2v) is 4.15. The van der Waals surface area contributed by atoms with Gasteiger partial charge in [-0.25, -0.2) is 0 Å². The molecule has 0 heterocycles. The molecule has 0 aromatic carbocycles. The third-order valence-corrected chi connectivity index (χ3v) is 2.77. The topological polar surface area (TPSA) is 115 Å². The summed E-state index contributed by atoms with van der Waals surface area (Å²) in [6.45, 7) is 7.31. The van der Waals surface area contributed by atoms with Crippen LogP contribution in [0.4, 0.5) is 0 Å². The van der Waals surface area contributed by atoms with Crippen molar-refractivity contribution in [2.75, 3.05) is 13.2 Å². The molecule has 0 saturated heterocycles. The molecule has 0 amide bonds. The van der Waals surface area contributed by atoms with E-state index in [2.05, 4.69) is 0 Å². The predicted molar refractivity (Wildman–Crippen MR) is 77.6 cm³/mol. The van der Waals surface area contributed by atoms with Gasteiger partial charge in [0.25, 0.3) is 0 Å². The molecule has 0 saturated carbocycles. The van der Waals surface area contributed by atoms with Crippen molar-refractivity contribution in [3.05, 3.63) is 0 Å². The summed E-state index contributed by atoms with van der Waals surface area (Å²) in [5.41, 5.74) is 0. The van der Waals surface area contributed by atoms with Gasteiger partial charge < -0.3 is 20.4 Å². The smallest absolute Gasteiger partial charge is 0.306 e. The second kappa shape index (κ2) is 17.9. The summed E-state index contributed by atoms with van der Waals surface area (Å²) in [4.78, 5) is 20.3. The molecule has 0 aromatic heterocycles. The summed E-state index contributed by atoms with van der Waals surface area (Å²) in [5, 5.41) is 32.0. The van der Waals surface area contributed by atoms with Crippen LogP contribution in [0, 0.1) is 11.8 Å². The number of aliphatic hydroxyl groups excluding tert-OH is 2. The number of carbonyl (C=O) groups is 2. The first kappa shape index (κ1) is 23.9. The summed E-state index contributed by atoms with van der Waals surface area (Å²) in [6, 6.07) is 0. The van der Waals surface area contributed by atoms with E-state index in [1.54, 1.807) is 0 Å². The first-order valence-corrected chi connectivity index (χ1v) is 7.03. The van der Waals surface area contributed by atoms with Crippen LogP contribution < -0.4 is 0 Å². The van der Waals surface area contributed by atoms with E-state index in [1.165, 1.54) is 0 Å². The van der Waals surface area contributed by atoms with Gasteiger partial charge in [0.05, 0.1) is 25.0 Å². The molecular weight excluding hydrogens is 264 g/mol. The standard InChI is InChI=1S/2C6H12O2.C2H6O2/c2*1-3-5(4-2)6(7)8;3-1-2-4/h2*5H,3-4H2,1-2H3,(H,7,8);3-4H,1-2H2. The Hall–Kier alpha value is -1.14. The highest BCUT2D eigenvalue weighted by Gasteiger charge is 2.10. The molecule has 0 aliphatic rings. The van der Waals surface area contributed by atoms with E-state index < -0.39 is 11.9 Å². The molecule has 0 aliphatic heterocycles. The predicted octanol–water partition coefficient (Wildman–Crippen LogP) is 1.99. The van der Waals surface area contributed by atoms with Gasteiger partial charge in [-0.3, -0.25) is 9.59 Å². The molecule has 0 fully saturated rings. The molecule has 4 N–H and O–H groups in total. The third kappa shape index (κ3) is 16.9. The fourth-order valence-electron chi connectivity index (χ4n) is 1.28. The Kier molecular flexibility index (Phi) is 21.4. The van der Waals surface area contributed by atoms with E-state index in [9.17, 15) is 9.59 Å². The van der Waals surface area contributed by atoms with Crippen molar-refractivity contribution in [3.63, 3.8) is 0 Å². The minimum Gasteiger partial charge on any atom is -0.481 e. The lowest BCUT2D eigenvalue weighted by molar-refractivity contribution is -0.142. The average molecular weight is 294 g/mol. The van der Waals surface area contributed by atoms with Crippen molar-refractivity contribution in [1.82, 2.24) is 0 Å². The monoisotopic (exact) mass is 294 g/mol. The zero-order valence-electron chi connectivity index (χ0n) is 13.0. The zero-order valence-corrected chi connectivity index (χ0v) is 13.0. The highest BCUT2D eigenvalue weighted by atomic mass is 16.4. The number of aliphatic carboxylic acids is 2. The zero-order chi connectivity index (χ0) is 16.6. The molecule has 0 unspecified atom stereocenters. The first-order chi connectivity index (χ1) is 9.35. The van der Waals surface area contributed by atoms with Crippen molar-refractivity contribution < 1.29 is 30.0 Å². The number of carboxylic acid groups (broad SMARTS) is 2. The number of aliphatic hydroxyl groups is 2. The summed E-state index contributed by atoms with van der Waals surface area (Å²) in [5.74, 6) is -1.60. The van der Waals surface area contributed by atoms with Gasteiger partial charge in [0.1, 0.15) is 0 Å². The number of hydrogen-bond acceptors (Lipinski definition) is 4. The number of carboxylic acids is 2. The Balaban J connectivity index is -0.000000230. The maximum atomic E-state index is 10.2. The molecule has 0 spiro atoms. The lowest BCUT2D eigenvalue weighted by atomic mass is 10.1. The van der Waals surface area contributed by atoms with E-state index in [-0.39, 0.29) is 25.0 Å². The fraction of sp³-hybridized carbons (Fsp3) is 0.857. The van der Waals surface area contributed by atoms with Gasteiger partial charge in [-0.15, -0.1) is 0 Å². The van der Waals surface area contributed by atoms with Gasteiger partial charge >= 0.3 is 11.9 Å². The van der Waals surface area contributed by atoms with E-state index >= 15 is 0 Å². The van der Waals surface area contributed by atoms with Gasteiger partial charge in [-0.05, 0) is 25.7 Å². The van der Waals surface area contributed by atoms with Crippen LogP contribution in [-0.4, -0.2) is 45.6 Å². The number of hydrogen-bond donors (Lipinski definition) is 4. The van der Waals surface area contributed by atoms with Crippen molar-refractivity contribution in [1.29, 1.82) is 0 Å². The maximum absolute atomic E-state index is 10.2. The van der Waals surface area contributed by atoms with Gasteiger partial charge in [0.15, 0.2) is 0 Å². The molecule has 122 valence electrons. The van der Waals surface area contributed by atoms with Crippen LogP contribution in [0.5, 0.6) is 0 Å². The Morgan fingerprint density at radius 2 is 0.900 bits per heavy atom. The lowest BCUT2D eigenvalue weighted by Gasteiger charge is -2.02. The summed E-state index contributed by atoms with van der Waals surface area (Å²) in [6.07, 6.45) is 2.97. The number of rotatable bonds is 7. The largest absolute Gasteiger partial charge is 0.481 e. The summed E-state index contributed by atoms with van der Waals surface area (Å²) >= 11 is 0. The van der Waals surface area contributed by atoms with Gasteiger partial charge in [0, 0.05) is 0 Å². The fourth-order valence-corrected chi connectivity index (χ4v) is 1.28. The van der Waals surface area contributed by atoms with E-state index in [4.69, 9.17) is 20.4 Å². The molecule has 0 bridgehead atoms. The van der Waals surface area contributed by atoms with Crippen molar-refractivity contribution >= 4 is 11.9 Å². The maximum Gasteiger partial charge on any atom is 0.306 e. The van der Waals surface area contributed by atoms with E-state index in [0.717, 1.165) is 25.7 Å². The van der Waals surface area contributed by atoms with Crippen LogP contribution >= 0.6 is 0 Å². The average Bonchev–Trinajstić information content (AvgIpc) is 2.41. The first-order valence-electron chi connectivity index (χ1n) is 7.03. The van der Waals surface area contributed by atoms with E-state index in [1.807, 2.05) is 27.7 Å².